The molecule has 156 valence electrons. The van der Waals surface area contributed by atoms with Gasteiger partial charge in [0.1, 0.15) is 11.5 Å². The van der Waals surface area contributed by atoms with E-state index in [1.807, 2.05) is 67.6 Å². The van der Waals surface area contributed by atoms with E-state index in [0.29, 0.717) is 5.75 Å². The zero-order valence-electron chi connectivity index (χ0n) is 17.5. The second-order valence-electron chi connectivity index (χ2n) is 6.97. The van der Waals surface area contributed by atoms with Crippen molar-refractivity contribution in [1.82, 2.24) is 4.90 Å². The van der Waals surface area contributed by atoms with Crippen LogP contribution >= 0.6 is 0 Å². The molecule has 0 saturated carbocycles. The van der Waals surface area contributed by atoms with Crippen molar-refractivity contribution in [2.24, 2.45) is 0 Å². The molecule has 3 aromatic carbocycles. The highest BCUT2D eigenvalue weighted by Gasteiger charge is 2.15. The number of rotatable bonds is 8. The number of para-hydroxylation sites is 1. The molecular formula is C24H26N2O4. The zero-order chi connectivity index (χ0) is 21.5. The predicted octanol–water partition coefficient (Wildman–Crippen LogP) is 3.89. The van der Waals surface area contributed by atoms with Crippen molar-refractivity contribution in [3.8, 4) is 11.5 Å². The SMILES string of the molecule is CCc1ccccc1NC(=O)CN(C)C(=O)COc1ccc2ccc(OC)cc2c1. The summed E-state index contributed by atoms with van der Waals surface area (Å²) in [6.45, 7) is 1.83. The maximum absolute atomic E-state index is 12.4. The van der Waals surface area contributed by atoms with E-state index in [4.69, 9.17) is 9.47 Å². The lowest BCUT2D eigenvalue weighted by molar-refractivity contribution is -0.135. The molecule has 2 amide bonds. The molecule has 0 unspecified atom stereocenters. The van der Waals surface area contributed by atoms with E-state index in [1.54, 1.807) is 14.2 Å². The van der Waals surface area contributed by atoms with Crippen LogP contribution in [-0.4, -0.2) is 44.0 Å². The largest absolute Gasteiger partial charge is 0.497 e. The van der Waals surface area contributed by atoms with Crippen LogP contribution in [0.1, 0.15) is 12.5 Å². The maximum atomic E-state index is 12.4. The Hall–Kier alpha value is -3.54. The van der Waals surface area contributed by atoms with Gasteiger partial charge in [-0.05, 0) is 53.1 Å². The first-order valence-electron chi connectivity index (χ1n) is 9.82. The number of hydrogen-bond acceptors (Lipinski definition) is 4. The summed E-state index contributed by atoms with van der Waals surface area (Å²) in [5.41, 5.74) is 1.82. The second-order valence-corrected chi connectivity index (χ2v) is 6.97. The van der Waals surface area contributed by atoms with E-state index < -0.39 is 0 Å². The summed E-state index contributed by atoms with van der Waals surface area (Å²) >= 11 is 0. The zero-order valence-corrected chi connectivity index (χ0v) is 17.5. The van der Waals surface area contributed by atoms with Crippen molar-refractivity contribution in [3.63, 3.8) is 0 Å². The van der Waals surface area contributed by atoms with Crippen LogP contribution in [0.2, 0.25) is 0 Å². The van der Waals surface area contributed by atoms with Crippen LogP contribution in [0.25, 0.3) is 10.8 Å². The minimum absolute atomic E-state index is 0.0465. The van der Waals surface area contributed by atoms with Crippen molar-refractivity contribution in [3.05, 3.63) is 66.2 Å². The quantitative estimate of drug-likeness (QED) is 0.616. The third kappa shape index (κ3) is 5.29. The number of likely N-dealkylation sites (N-methyl/N-ethyl adjacent to an activating group) is 1. The van der Waals surface area contributed by atoms with E-state index >= 15 is 0 Å². The summed E-state index contributed by atoms with van der Waals surface area (Å²) in [5, 5.41) is 4.88. The Morgan fingerprint density at radius 3 is 2.40 bits per heavy atom. The molecule has 0 radical (unpaired) electrons. The Labute approximate surface area is 176 Å². The number of nitrogens with one attached hydrogen (secondary N) is 1. The molecule has 0 aliphatic carbocycles. The number of methoxy groups -OCH3 is 1. The molecule has 6 heteroatoms. The van der Waals surface area contributed by atoms with Gasteiger partial charge in [-0.1, -0.05) is 37.3 Å². The van der Waals surface area contributed by atoms with Gasteiger partial charge in [0.15, 0.2) is 6.61 Å². The molecule has 0 heterocycles. The van der Waals surface area contributed by atoms with Crippen molar-refractivity contribution in [2.75, 3.05) is 32.6 Å². The van der Waals surface area contributed by atoms with Crippen LogP contribution in [0.15, 0.2) is 60.7 Å². The average molecular weight is 406 g/mol. The summed E-state index contributed by atoms with van der Waals surface area (Å²) in [6, 6.07) is 19.0. The lowest BCUT2D eigenvalue weighted by Crippen LogP contribution is -2.37. The lowest BCUT2D eigenvalue weighted by atomic mass is 10.1. The molecule has 0 aliphatic heterocycles. The molecule has 3 aromatic rings. The van der Waals surface area contributed by atoms with Gasteiger partial charge >= 0.3 is 0 Å². The number of benzene rings is 3. The number of anilines is 1. The highest BCUT2D eigenvalue weighted by molar-refractivity contribution is 5.95. The van der Waals surface area contributed by atoms with Gasteiger partial charge in [-0.25, -0.2) is 0 Å². The molecule has 0 bridgehead atoms. The van der Waals surface area contributed by atoms with Gasteiger partial charge in [0.25, 0.3) is 5.91 Å². The number of nitrogens with zero attached hydrogens (tertiary/aromatic N) is 1. The fourth-order valence-corrected chi connectivity index (χ4v) is 3.12. The smallest absolute Gasteiger partial charge is 0.260 e. The van der Waals surface area contributed by atoms with E-state index in [0.717, 1.165) is 34.2 Å². The van der Waals surface area contributed by atoms with Crippen molar-refractivity contribution in [2.45, 2.75) is 13.3 Å². The van der Waals surface area contributed by atoms with E-state index in [9.17, 15) is 9.59 Å². The number of ether oxygens (including phenoxy) is 2. The Morgan fingerprint density at radius 2 is 1.67 bits per heavy atom. The van der Waals surface area contributed by atoms with Gasteiger partial charge < -0.3 is 19.7 Å². The second kappa shape index (κ2) is 9.78. The van der Waals surface area contributed by atoms with Crippen molar-refractivity contribution < 1.29 is 19.1 Å². The summed E-state index contributed by atoms with van der Waals surface area (Å²) < 4.78 is 10.9. The summed E-state index contributed by atoms with van der Waals surface area (Å²) in [7, 11) is 3.20. The van der Waals surface area contributed by atoms with Gasteiger partial charge in [-0.15, -0.1) is 0 Å². The molecule has 1 N–H and O–H groups in total. The molecule has 6 nitrogen and oxygen atoms in total. The number of carbonyl (C=O) groups excluding carboxylic acids is 2. The Bertz CT molecular complexity index is 1050. The topological polar surface area (TPSA) is 67.9 Å². The van der Waals surface area contributed by atoms with Crippen molar-refractivity contribution in [1.29, 1.82) is 0 Å². The maximum Gasteiger partial charge on any atom is 0.260 e. The van der Waals surface area contributed by atoms with Gasteiger partial charge in [0.2, 0.25) is 5.91 Å². The molecule has 0 atom stereocenters. The van der Waals surface area contributed by atoms with Gasteiger partial charge in [-0.2, -0.15) is 0 Å². The van der Waals surface area contributed by atoms with Crippen LogP contribution < -0.4 is 14.8 Å². The Kier molecular flexibility index (Phi) is 6.91. The van der Waals surface area contributed by atoms with E-state index in [-0.39, 0.29) is 25.0 Å². The van der Waals surface area contributed by atoms with Gasteiger partial charge in [-0.3, -0.25) is 9.59 Å². The first-order valence-corrected chi connectivity index (χ1v) is 9.82. The fourth-order valence-electron chi connectivity index (χ4n) is 3.12. The number of aryl methyl sites for hydroxylation is 1. The van der Waals surface area contributed by atoms with Gasteiger partial charge in [0.05, 0.1) is 13.7 Å². The lowest BCUT2D eigenvalue weighted by Gasteiger charge is -2.18. The summed E-state index contributed by atoms with van der Waals surface area (Å²) in [5.74, 6) is 0.814. The Morgan fingerprint density at radius 1 is 0.967 bits per heavy atom. The standard InChI is InChI=1S/C24H26N2O4/c1-4-17-7-5-6-8-22(17)25-23(27)15-26(2)24(28)16-30-21-12-10-18-9-11-20(29-3)13-19(18)14-21/h5-14H,4,15-16H2,1-3H3,(H,25,27). The molecule has 30 heavy (non-hydrogen) atoms. The third-order valence-electron chi connectivity index (χ3n) is 4.86. The monoisotopic (exact) mass is 406 g/mol. The molecule has 0 aromatic heterocycles. The molecule has 0 aliphatic rings. The highest BCUT2D eigenvalue weighted by Crippen LogP contribution is 2.25. The van der Waals surface area contributed by atoms with Crippen LogP contribution in [0.5, 0.6) is 11.5 Å². The highest BCUT2D eigenvalue weighted by atomic mass is 16.5. The number of hydrogen-bond donors (Lipinski definition) is 1. The van der Waals surface area contributed by atoms with Crippen LogP contribution in [0.3, 0.4) is 0 Å². The van der Waals surface area contributed by atoms with Crippen molar-refractivity contribution >= 4 is 28.3 Å². The summed E-state index contributed by atoms with van der Waals surface area (Å²) in [6.07, 6.45) is 0.816. The van der Waals surface area contributed by atoms with E-state index in [1.165, 1.54) is 4.90 Å². The molecule has 0 fully saturated rings. The van der Waals surface area contributed by atoms with Crippen LogP contribution in [-0.2, 0) is 16.0 Å². The normalized spacial score (nSPS) is 10.5. The molecule has 0 spiro atoms. The molecular weight excluding hydrogens is 380 g/mol. The third-order valence-corrected chi connectivity index (χ3v) is 4.86. The number of amides is 2. The van der Waals surface area contributed by atoms with Crippen LogP contribution in [0, 0.1) is 0 Å². The minimum atomic E-state index is -0.278. The fraction of sp³-hybridized carbons (Fsp3) is 0.250. The molecule has 0 saturated heterocycles. The first kappa shape index (κ1) is 21.2. The van der Waals surface area contributed by atoms with Gasteiger partial charge in [0, 0.05) is 12.7 Å². The molecule has 3 rings (SSSR count). The van der Waals surface area contributed by atoms with E-state index in [2.05, 4.69) is 5.32 Å². The van der Waals surface area contributed by atoms with Crippen LogP contribution in [0.4, 0.5) is 5.69 Å². The number of fused-ring (bicyclic) bond motifs is 1. The minimum Gasteiger partial charge on any atom is -0.497 e. The summed E-state index contributed by atoms with van der Waals surface area (Å²) in [4.78, 5) is 26.1. The number of carbonyl (C=O) groups is 2. The predicted molar refractivity (Wildman–Crippen MR) is 118 cm³/mol. The Balaban J connectivity index is 1.55. The average Bonchev–Trinajstić information content (AvgIpc) is 2.77. The first-order chi connectivity index (χ1) is 14.5.